The zero-order chi connectivity index (χ0) is 12.1. The summed E-state index contributed by atoms with van der Waals surface area (Å²) in [6, 6.07) is 0. The van der Waals surface area contributed by atoms with Gasteiger partial charge in [0, 0.05) is 24.5 Å². The number of carbonyl (C=O) groups is 1. The maximum Gasteiger partial charge on any atom is 0.328 e. The molecular weight excluding hydrogens is 236 g/mol. The Labute approximate surface area is 105 Å². The minimum Gasteiger partial charge on any atom is -0.478 e. The quantitative estimate of drug-likeness (QED) is 0.840. The molecular formula is C12H16N2O2S. The monoisotopic (exact) mass is 252 g/mol. The minimum absolute atomic E-state index is 0.733. The van der Waals surface area contributed by atoms with Gasteiger partial charge in [-0.25, -0.2) is 9.78 Å². The van der Waals surface area contributed by atoms with Crippen molar-refractivity contribution in [1.82, 2.24) is 4.98 Å². The van der Waals surface area contributed by atoms with Gasteiger partial charge in [-0.15, -0.1) is 11.3 Å². The van der Waals surface area contributed by atoms with Crippen molar-refractivity contribution in [1.29, 1.82) is 0 Å². The number of aliphatic carboxylic acids is 1. The van der Waals surface area contributed by atoms with Crippen LogP contribution >= 0.6 is 11.3 Å². The molecule has 0 spiro atoms. The third-order valence-electron chi connectivity index (χ3n) is 2.78. The number of hydrogen-bond donors (Lipinski definition) is 1. The summed E-state index contributed by atoms with van der Waals surface area (Å²) in [5.41, 5.74) is 0.733. The first-order valence-corrected chi connectivity index (χ1v) is 6.75. The molecule has 4 nitrogen and oxygen atoms in total. The summed E-state index contributed by atoms with van der Waals surface area (Å²) in [6.07, 6.45) is 7.71. The van der Waals surface area contributed by atoms with Crippen molar-refractivity contribution < 1.29 is 9.90 Å². The molecule has 1 aliphatic rings. The van der Waals surface area contributed by atoms with Crippen molar-refractivity contribution in [2.75, 3.05) is 18.0 Å². The highest BCUT2D eigenvalue weighted by Crippen LogP contribution is 2.24. The summed E-state index contributed by atoms with van der Waals surface area (Å²) in [4.78, 5) is 17.1. The van der Waals surface area contributed by atoms with Gasteiger partial charge in [-0.05, 0) is 18.9 Å². The second kappa shape index (κ2) is 5.82. The summed E-state index contributed by atoms with van der Waals surface area (Å²) in [5, 5.41) is 11.5. The van der Waals surface area contributed by atoms with Gasteiger partial charge in [0.1, 0.15) is 0 Å². The molecule has 1 aromatic rings. The van der Waals surface area contributed by atoms with Gasteiger partial charge in [0.25, 0.3) is 0 Å². The molecule has 1 saturated heterocycles. The van der Waals surface area contributed by atoms with Gasteiger partial charge < -0.3 is 10.0 Å². The van der Waals surface area contributed by atoms with E-state index in [-0.39, 0.29) is 0 Å². The molecule has 5 heteroatoms. The van der Waals surface area contributed by atoms with E-state index in [9.17, 15) is 4.79 Å². The van der Waals surface area contributed by atoms with Crippen LogP contribution in [0.15, 0.2) is 11.5 Å². The van der Waals surface area contributed by atoms with Crippen LogP contribution in [0.1, 0.15) is 31.4 Å². The Morgan fingerprint density at radius 3 is 2.71 bits per heavy atom. The van der Waals surface area contributed by atoms with Crippen LogP contribution in [0.3, 0.4) is 0 Å². The first kappa shape index (κ1) is 12.1. The molecule has 0 radical (unpaired) electrons. The van der Waals surface area contributed by atoms with Crippen molar-refractivity contribution in [2.45, 2.75) is 25.7 Å². The molecule has 1 aromatic heterocycles. The molecule has 2 heterocycles. The van der Waals surface area contributed by atoms with E-state index >= 15 is 0 Å². The van der Waals surface area contributed by atoms with E-state index in [0.717, 1.165) is 30.0 Å². The van der Waals surface area contributed by atoms with Gasteiger partial charge in [-0.2, -0.15) is 0 Å². The summed E-state index contributed by atoms with van der Waals surface area (Å²) in [5.74, 6) is -0.936. The van der Waals surface area contributed by atoms with Gasteiger partial charge in [0.2, 0.25) is 0 Å². The Balaban J connectivity index is 2.03. The van der Waals surface area contributed by atoms with Crippen molar-refractivity contribution >= 4 is 28.5 Å². The molecule has 0 unspecified atom stereocenters. The van der Waals surface area contributed by atoms with Crippen molar-refractivity contribution in [3.63, 3.8) is 0 Å². The Hall–Kier alpha value is -1.36. The molecule has 0 bridgehead atoms. The van der Waals surface area contributed by atoms with E-state index in [1.165, 1.54) is 25.7 Å². The molecule has 0 amide bonds. The molecule has 1 N–H and O–H groups in total. The van der Waals surface area contributed by atoms with Gasteiger partial charge in [-0.1, -0.05) is 12.8 Å². The average Bonchev–Trinajstić information content (AvgIpc) is 2.60. The summed E-state index contributed by atoms with van der Waals surface area (Å²) in [7, 11) is 0. The lowest BCUT2D eigenvalue weighted by atomic mass is 10.2. The second-order valence-corrected chi connectivity index (χ2v) is 4.96. The number of aromatic nitrogens is 1. The maximum absolute atomic E-state index is 10.4. The molecule has 0 saturated carbocycles. The average molecular weight is 252 g/mol. The van der Waals surface area contributed by atoms with E-state index < -0.39 is 5.97 Å². The molecule has 1 aliphatic heterocycles. The predicted molar refractivity (Wildman–Crippen MR) is 69.5 cm³/mol. The topological polar surface area (TPSA) is 53.4 Å². The molecule has 0 atom stereocenters. The maximum atomic E-state index is 10.4. The van der Waals surface area contributed by atoms with E-state index in [0.29, 0.717) is 0 Å². The summed E-state index contributed by atoms with van der Waals surface area (Å²) < 4.78 is 0. The Morgan fingerprint density at radius 2 is 2.06 bits per heavy atom. The molecule has 0 aliphatic carbocycles. The normalized spacial score (nSPS) is 17.3. The molecule has 17 heavy (non-hydrogen) atoms. The number of anilines is 1. The second-order valence-electron chi connectivity index (χ2n) is 4.13. The largest absolute Gasteiger partial charge is 0.478 e. The first-order valence-electron chi connectivity index (χ1n) is 5.87. The van der Waals surface area contributed by atoms with Crippen molar-refractivity contribution in [3.05, 3.63) is 17.2 Å². The Bertz CT molecular complexity index is 406. The van der Waals surface area contributed by atoms with Crippen LogP contribution in [0.25, 0.3) is 6.08 Å². The van der Waals surface area contributed by atoms with E-state index in [1.54, 1.807) is 17.4 Å². The zero-order valence-electron chi connectivity index (χ0n) is 9.63. The molecule has 92 valence electrons. The summed E-state index contributed by atoms with van der Waals surface area (Å²) >= 11 is 1.59. The first-order chi connectivity index (χ1) is 8.25. The van der Waals surface area contributed by atoms with Gasteiger partial charge in [0.15, 0.2) is 5.13 Å². The summed E-state index contributed by atoms with van der Waals surface area (Å²) in [6.45, 7) is 2.13. The molecule has 0 aromatic carbocycles. The SMILES string of the molecule is O=C(O)/C=C/c1csc(N2CCCCCC2)n1. The van der Waals surface area contributed by atoms with Gasteiger partial charge in [0.05, 0.1) is 5.69 Å². The lowest BCUT2D eigenvalue weighted by Crippen LogP contribution is -2.23. The highest BCUT2D eigenvalue weighted by atomic mass is 32.1. The smallest absolute Gasteiger partial charge is 0.328 e. The van der Waals surface area contributed by atoms with Crippen LogP contribution in [0.4, 0.5) is 5.13 Å². The van der Waals surface area contributed by atoms with Crippen LogP contribution in [0.5, 0.6) is 0 Å². The third-order valence-corrected chi connectivity index (χ3v) is 3.70. The number of thiazole rings is 1. The number of rotatable bonds is 3. The fourth-order valence-corrected chi connectivity index (χ4v) is 2.76. The van der Waals surface area contributed by atoms with Crippen LogP contribution in [-0.4, -0.2) is 29.1 Å². The lowest BCUT2D eigenvalue weighted by Gasteiger charge is -2.18. The highest BCUT2D eigenvalue weighted by molar-refractivity contribution is 7.13. The van der Waals surface area contributed by atoms with Crippen LogP contribution < -0.4 is 4.90 Å². The molecule has 1 fully saturated rings. The predicted octanol–water partition coefficient (Wildman–Crippen LogP) is 2.62. The van der Waals surface area contributed by atoms with E-state index in [2.05, 4.69) is 9.88 Å². The Morgan fingerprint density at radius 1 is 1.35 bits per heavy atom. The van der Waals surface area contributed by atoms with E-state index in [4.69, 9.17) is 5.11 Å². The van der Waals surface area contributed by atoms with E-state index in [1.807, 2.05) is 5.38 Å². The van der Waals surface area contributed by atoms with Gasteiger partial charge in [-0.3, -0.25) is 0 Å². The van der Waals surface area contributed by atoms with Gasteiger partial charge >= 0.3 is 5.97 Å². The van der Waals surface area contributed by atoms with Crippen molar-refractivity contribution in [2.24, 2.45) is 0 Å². The Kier molecular flexibility index (Phi) is 4.14. The lowest BCUT2D eigenvalue weighted by molar-refractivity contribution is -0.131. The number of nitrogens with zero attached hydrogens (tertiary/aromatic N) is 2. The number of carboxylic acids is 1. The van der Waals surface area contributed by atoms with Crippen LogP contribution in [0.2, 0.25) is 0 Å². The van der Waals surface area contributed by atoms with Crippen LogP contribution in [-0.2, 0) is 4.79 Å². The third kappa shape index (κ3) is 3.56. The number of carboxylic acid groups (broad SMARTS) is 1. The van der Waals surface area contributed by atoms with Crippen LogP contribution in [0, 0.1) is 0 Å². The molecule has 2 rings (SSSR count). The number of hydrogen-bond acceptors (Lipinski definition) is 4. The zero-order valence-corrected chi connectivity index (χ0v) is 10.4. The highest BCUT2D eigenvalue weighted by Gasteiger charge is 2.12. The fraction of sp³-hybridized carbons (Fsp3) is 0.500. The minimum atomic E-state index is -0.936. The standard InChI is InChI=1S/C12H16N2O2S/c15-11(16)6-5-10-9-17-12(13-10)14-7-3-1-2-4-8-14/h5-6,9H,1-4,7-8H2,(H,15,16)/b6-5+. The van der Waals surface area contributed by atoms with Crippen molar-refractivity contribution in [3.8, 4) is 0 Å². The fourth-order valence-electron chi connectivity index (χ4n) is 1.92.